The van der Waals surface area contributed by atoms with E-state index >= 15 is 0 Å². The summed E-state index contributed by atoms with van der Waals surface area (Å²) in [5.74, 6) is -0.520. The van der Waals surface area contributed by atoms with Crippen molar-refractivity contribution >= 4 is 29.1 Å². The third-order valence-corrected chi connectivity index (χ3v) is 5.05. The number of halogens is 1. The van der Waals surface area contributed by atoms with E-state index in [4.69, 9.17) is 21.1 Å². The number of nitrogens with one attached hydrogen (secondary N) is 2. The molecule has 0 aliphatic heterocycles. The molecule has 10 heteroatoms. The maximum absolute atomic E-state index is 12.7. The predicted molar refractivity (Wildman–Crippen MR) is 126 cm³/mol. The van der Waals surface area contributed by atoms with E-state index in [9.17, 15) is 19.7 Å². The first-order chi connectivity index (χ1) is 16.3. The van der Waals surface area contributed by atoms with Crippen molar-refractivity contribution in [2.75, 3.05) is 7.11 Å². The quantitative estimate of drug-likeness (QED) is 0.342. The Hall–Kier alpha value is -4.11. The van der Waals surface area contributed by atoms with Crippen LogP contribution in [0.15, 0.2) is 66.7 Å². The zero-order chi connectivity index (χ0) is 24.7. The van der Waals surface area contributed by atoms with E-state index in [0.717, 1.165) is 5.56 Å². The fraction of sp³-hybridized carbons (Fsp3) is 0.167. The summed E-state index contributed by atoms with van der Waals surface area (Å²) in [7, 11) is 1.37. The second-order valence-electron chi connectivity index (χ2n) is 7.24. The summed E-state index contributed by atoms with van der Waals surface area (Å²) in [5, 5.41) is 16.9. The Morgan fingerprint density at radius 2 is 1.74 bits per heavy atom. The van der Waals surface area contributed by atoms with Crippen LogP contribution >= 0.6 is 11.6 Å². The second kappa shape index (κ2) is 11.2. The minimum atomic E-state index is -0.783. The van der Waals surface area contributed by atoms with Crippen LogP contribution < -0.4 is 20.1 Å². The second-order valence-corrected chi connectivity index (χ2v) is 7.67. The molecule has 3 aromatic carbocycles. The van der Waals surface area contributed by atoms with Gasteiger partial charge in [-0.3, -0.25) is 19.7 Å². The molecule has 0 aliphatic rings. The Kier molecular flexibility index (Phi) is 8.05. The van der Waals surface area contributed by atoms with Crippen LogP contribution in [0.3, 0.4) is 0 Å². The van der Waals surface area contributed by atoms with Gasteiger partial charge in [0.2, 0.25) is 11.7 Å². The first-order valence-electron chi connectivity index (χ1n) is 10.2. The van der Waals surface area contributed by atoms with Crippen LogP contribution in [-0.2, 0) is 11.3 Å². The molecule has 2 amide bonds. The van der Waals surface area contributed by atoms with Crippen molar-refractivity contribution in [1.82, 2.24) is 10.6 Å². The zero-order valence-corrected chi connectivity index (χ0v) is 19.2. The molecule has 34 heavy (non-hydrogen) atoms. The summed E-state index contributed by atoms with van der Waals surface area (Å²) in [6.07, 6.45) is 0. The van der Waals surface area contributed by atoms with Gasteiger partial charge < -0.3 is 20.1 Å². The molecule has 0 aromatic heterocycles. The van der Waals surface area contributed by atoms with Gasteiger partial charge in [-0.05, 0) is 42.8 Å². The standard InChI is InChI=1S/C24H22ClN3O6/c1-15(23(29)26-14-16-6-4-3-5-7-16)27-24(30)17-8-10-21(22(12-17)33-2)34-20-11-9-18(25)13-19(20)28(31)32/h3-13,15H,14H2,1-2H3,(H,26,29)(H,27,30). The first kappa shape index (κ1) is 24.5. The van der Waals surface area contributed by atoms with Crippen LogP contribution in [0.5, 0.6) is 17.2 Å². The fourth-order valence-electron chi connectivity index (χ4n) is 3.01. The van der Waals surface area contributed by atoms with Crippen molar-refractivity contribution in [3.63, 3.8) is 0 Å². The number of benzene rings is 3. The third-order valence-electron chi connectivity index (χ3n) is 4.81. The van der Waals surface area contributed by atoms with Crippen molar-refractivity contribution in [3.8, 4) is 17.2 Å². The monoisotopic (exact) mass is 483 g/mol. The SMILES string of the molecule is COc1cc(C(=O)NC(C)C(=O)NCc2ccccc2)ccc1Oc1ccc(Cl)cc1[N+](=O)[O-]. The maximum Gasteiger partial charge on any atom is 0.313 e. The summed E-state index contributed by atoms with van der Waals surface area (Å²) in [5.41, 5.74) is 0.847. The van der Waals surface area contributed by atoms with Crippen LogP contribution in [0.4, 0.5) is 5.69 Å². The molecule has 0 spiro atoms. The Morgan fingerprint density at radius 1 is 1.03 bits per heavy atom. The summed E-state index contributed by atoms with van der Waals surface area (Å²) in [6, 6.07) is 17.0. The minimum absolute atomic E-state index is 0.0337. The molecule has 0 aliphatic carbocycles. The highest BCUT2D eigenvalue weighted by molar-refractivity contribution is 6.30. The third kappa shape index (κ3) is 6.23. The average molecular weight is 484 g/mol. The highest BCUT2D eigenvalue weighted by Crippen LogP contribution is 2.37. The Balaban J connectivity index is 1.68. The molecule has 3 rings (SSSR count). The van der Waals surface area contributed by atoms with Gasteiger partial charge in [0, 0.05) is 23.2 Å². The molecule has 9 nitrogen and oxygen atoms in total. The molecule has 0 saturated heterocycles. The van der Waals surface area contributed by atoms with Crippen LogP contribution in [-0.4, -0.2) is 29.9 Å². The molecule has 0 bridgehead atoms. The summed E-state index contributed by atoms with van der Waals surface area (Å²) in [6.45, 7) is 1.92. The number of carbonyl (C=O) groups is 2. The van der Waals surface area contributed by atoms with Gasteiger partial charge in [-0.15, -0.1) is 0 Å². The largest absolute Gasteiger partial charge is 0.493 e. The first-order valence-corrected chi connectivity index (χ1v) is 10.6. The van der Waals surface area contributed by atoms with E-state index in [1.54, 1.807) is 6.92 Å². The number of nitrogens with zero attached hydrogens (tertiary/aromatic N) is 1. The fourth-order valence-corrected chi connectivity index (χ4v) is 3.18. The zero-order valence-electron chi connectivity index (χ0n) is 18.4. The molecular formula is C24H22ClN3O6. The number of carbonyl (C=O) groups excluding carboxylic acids is 2. The summed E-state index contributed by atoms with van der Waals surface area (Å²) in [4.78, 5) is 35.7. The Morgan fingerprint density at radius 3 is 2.41 bits per heavy atom. The average Bonchev–Trinajstić information content (AvgIpc) is 2.84. The van der Waals surface area contributed by atoms with Crippen LogP contribution in [0.1, 0.15) is 22.8 Å². The number of nitro benzene ring substituents is 1. The molecule has 2 N–H and O–H groups in total. The van der Waals surface area contributed by atoms with Crippen molar-refractivity contribution in [1.29, 1.82) is 0 Å². The Bertz CT molecular complexity index is 1200. The van der Waals surface area contributed by atoms with E-state index in [0.29, 0.717) is 6.54 Å². The number of rotatable bonds is 9. The molecule has 0 radical (unpaired) electrons. The van der Waals surface area contributed by atoms with Crippen LogP contribution in [0.25, 0.3) is 0 Å². The lowest BCUT2D eigenvalue weighted by molar-refractivity contribution is -0.385. The lowest BCUT2D eigenvalue weighted by Gasteiger charge is -2.15. The molecule has 1 unspecified atom stereocenters. The number of hydrogen-bond donors (Lipinski definition) is 2. The summed E-state index contributed by atoms with van der Waals surface area (Å²) < 4.78 is 10.9. The molecule has 0 fully saturated rings. The van der Waals surface area contributed by atoms with Gasteiger partial charge in [0.15, 0.2) is 11.5 Å². The smallest absolute Gasteiger partial charge is 0.313 e. The van der Waals surface area contributed by atoms with Gasteiger partial charge in [-0.25, -0.2) is 0 Å². The van der Waals surface area contributed by atoms with Gasteiger partial charge in [0.25, 0.3) is 5.91 Å². The van der Waals surface area contributed by atoms with Crippen molar-refractivity contribution in [3.05, 3.63) is 93.0 Å². The summed E-state index contributed by atoms with van der Waals surface area (Å²) >= 11 is 5.84. The Labute approximate surface area is 200 Å². The lowest BCUT2D eigenvalue weighted by atomic mass is 10.1. The van der Waals surface area contributed by atoms with E-state index in [2.05, 4.69) is 10.6 Å². The van der Waals surface area contributed by atoms with Gasteiger partial charge in [-0.1, -0.05) is 41.9 Å². The molecular weight excluding hydrogens is 462 g/mol. The normalized spacial score (nSPS) is 11.3. The van der Waals surface area contributed by atoms with E-state index in [1.165, 1.54) is 43.5 Å². The molecule has 0 heterocycles. The number of hydrogen-bond acceptors (Lipinski definition) is 6. The number of ether oxygens (including phenoxy) is 2. The van der Waals surface area contributed by atoms with E-state index < -0.39 is 16.9 Å². The van der Waals surface area contributed by atoms with E-state index in [1.807, 2.05) is 30.3 Å². The van der Waals surface area contributed by atoms with Gasteiger partial charge in [-0.2, -0.15) is 0 Å². The highest BCUT2D eigenvalue weighted by atomic mass is 35.5. The number of amides is 2. The van der Waals surface area contributed by atoms with Gasteiger partial charge in [0.05, 0.1) is 12.0 Å². The predicted octanol–water partition coefficient (Wildman–Crippen LogP) is 4.48. The van der Waals surface area contributed by atoms with Gasteiger partial charge >= 0.3 is 5.69 Å². The number of nitro groups is 1. The highest BCUT2D eigenvalue weighted by Gasteiger charge is 2.20. The van der Waals surface area contributed by atoms with E-state index in [-0.39, 0.29) is 39.4 Å². The van der Waals surface area contributed by atoms with Crippen molar-refractivity contribution in [2.45, 2.75) is 19.5 Å². The maximum atomic E-state index is 12.7. The molecule has 0 saturated carbocycles. The molecule has 176 valence electrons. The lowest BCUT2D eigenvalue weighted by Crippen LogP contribution is -2.44. The molecule has 3 aromatic rings. The van der Waals surface area contributed by atoms with Crippen molar-refractivity contribution in [2.24, 2.45) is 0 Å². The minimum Gasteiger partial charge on any atom is -0.493 e. The van der Waals surface area contributed by atoms with Crippen molar-refractivity contribution < 1.29 is 24.0 Å². The van der Waals surface area contributed by atoms with Gasteiger partial charge in [0.1, 0.15) is 6.04 Å². The van der Waals surface area contributed by atoms with Crippen LogP contribution in [0, 0.1) is 10.1 Å². The number of methoxy groups -OCH3 is 1. The molecule has 1 atom stereocenters. The topological polar surface area (TPSA) is 120 Å². The van der Waals surface area contributed by atoms with Crippen LogP contribution in [0.2, 0.25) is 5.02 Å².